The van der Waals surface area contributed by atoms with Crippen LogP contribution in [0.25, 0.3) is 0 Å². The molecule has 0 saturated heterocycles. The summed E-state index contributed by atoms with van der Waals surface area (Å²) >= 11 is 0. The molecule has 1 fully saturated rings. The number of aliphatic hydroxyl groups is 1. The molecule has 17 heavy (non-hydrogen) atoms. The maximum atomic E-state index is 9.76. The molecule has 0 heterocycles. The van der Waals surface area contributed by atoms with E-state index < -0.39 is 0 Å². The summed E-state index contributed by atoms with van der Waals surface area (Å²) in [4.78, 5) is 0. The number of nitrogens with one attached hydrogen (secondary N) is 1. The molecule has 0 spiro atoms. The molecular weight excluding hydrogens is 216 g/mol. The lowest BCUT2D eigenvalue weighted by Gasteiger charge is -2.19. The molecule has 2 atom stereocenters. The maximum absolute atomic E-state index is 9.76. The van der Waals surface area contributed by atoms with Gasteiger partial charge in [0.1, 0.15) is 5.75 Å². The van der Waals surface area contributed by atoms with Crippen LogP contribution in [0.3, 0.4) is 0 Å². The number of rotatable bonds is 3. The molecule has 90 valence electrons. The molecule has 1 aliphatic carbocycles. The van der Waals surface area contributed by atoms with Crippen LogP contribution in [-0.2, 0) is 0 Å². The van der Waals surface area contributed by atoms with E-state index in [1.165, 1.54) is 0 Å². The first-order valence-corrected chi connectivity index (χ1v) is 5.77. The van der Waals surface area contributed by atoms with E-state index >= 15 is 0 Å². The SMILES string of the molecule is COc1cc(C#N)ccc1N[C@H]1CCC[C@@H]1O. The summed E-state index contributed by atoms with van der Waals surface area (Å²) in [7, 11) is 1.58. The predicted octanol–water partition coefficient (Wildman–Crippen LogP) is 1.89. The number of nitrogens with zero attached hydrogens (tertiary/aromatic N) is 1. The third kappa shape index (κ3) is 2.51. The molecule has 0 aliphatic heterocycles. The Kier molecular flexibility index (Phi) is 3.50. The van der Waals surface area contributed by atoms with Gasteiger partial charge in [0, 0.05) is 6.07 Å². The molecule has 0 aromatic heterocycles. The topological polar surface area (TPSA) is 65.3 Å². The van der Waals surface area contributed by atoms with Crippen molar-refractivity contribution in [1.29, 1.82) is 5.26 Å². The highest BCUT2D eigenvalue weighted by Gasteiger charge is 2.25. The van der Waals surface area contributed by atoms with Crippen molar-refractivity contribution < 1.29 is 9.84 Å². The maximum Gasteiger partial charge on any atom is 0.143 e. The smallest absolute Gasteiger partial charge is 0.143 e. The number of ether oxygens (including phenoxy) is 1. The van der Waals surface area contributed by atoms with Crippen LogP contribution < -0.4 is 10.1 Å². The molecule has 1 aromatic carbocycles. The van der Waals surface area contributed by atoms with Gasteiger partial charge in [-0.25, -0.2) is 0 Å². The normalized spacial score (nSPS) is 23.1. The summed E-state index contributed by atoms with van der Waals surface area (Å²) in [6, 6.07) is 7.42. The Morgan fingerprint density at radius 2 is 2.29 bits per heavy atom. The minimum atomic E-state index is -0.296. The number of methoxy groups -OCH3 is 1. The lowest BCUT2D eigenvalue weighted by molar-refractivity contribution is 0.171. The fourth-order valence-electron chi connectivity index (χ4n) is 2.19. The van der Waals surface area contributed by atoms with Crippen molar-refractivity contribution in [3.05, 3.63) is 23.8 Å². The Labute approximate surface area is 101 Å². The highest BCUT2D eigenvalue weighted by Crippen LogP contribution is 2.29. The van der Waals surface area contributed by atoms with E-state index in [1.807, 2.05) is 6.07 Å². The second kappa shape index (κ2) is 5.07. The Balaban J connectivity index is 2.18. The van der Waals surface area contributed by atoms with E-state index in [-0.39, 0.29) is 12.1 Å². The zero-order valence-corrected chi connectivity index (χ0v) is 9.81. The molecule has 0 bridgehead atoms. The van der Waals surface area contributed by atoms with Gasteiger partial charge in [-0.15, -0.1) is 0 Å². The largest absolute Gasteiger partial charge is 0.495 e. The molecular formula is C13H16N2O2. The standard InChI is InChI=1S/C13H16N2O2/c1-17-13-7-9(8-14)5-6-11(13)15-10-3-2-4-12(10)16/h5-7,10,12,15-16H,2-4H2,1H3/t10-,12-/m0/s1. The number of aliphatic hydroxyl groups excluding tert-OH is 1. The van der Waals surface area contributed by atoms with Crippen molar-refractivity contribution in [2.24, 2.45) is 0 Å². The van der Waals surface area contributed by atoms with Gasteiger partial charge >= 0.3 is 0 Å². The Morgan fingerprint density at radius 3 is 2.88 bits per heavy atom. The average Bonchev–Trinajstić information content (AvgIpc) is 2.75. The van der Waals surface area contributed by atoms with Crippen molar-refractivity contribution in [3.8, 4) is 11.8 Å². The van der Waals surface area contributed by atoms with Gasteiger partial charge in [0.05, 0.1) is 36.6 Å². The van der Waals surface area contributed by atoms with Gasteiger partial charge in [-0.1, -0.05) is 0 Å². The van der Waals surface area contributed by atoms with Crippen LogP contribution in [0.5, 0.6) is 5.75 Å². The van der Waals surface area contributed by atoms with Gasteiger partial charge in [0.25, 0.3) is 0 Å². The molecule has 4 nitrogen and oxygen atoms in total. The molecule has 1 saturated carbocycles. The summed E-state index contributed by atoms with van der Waals surface area (Å²) in [5, 5.41) is 21.8. The van der Waals surface area contributed by atoms with Crippen molar-refractivity contribution in [3.63, 3.8) is 0 Å². The summed E-state index contributed by atoms with van der Waals surface area (Å²) in [6.07, 6.45) is 2.55. The summed E-state index contributed by atoms with van der Waals surface area (Å²) in [5.74, 6) is 0.642. The van der Waals surface area contributed by atoms with Crippen LogP contribution in [0.1, 0.15) is 24.8 Å². The first kappa shape index (κ1) is 11.7. The molecule has 2 rings (SSSR count). The van der Waals surface area contributed by atoms with Crippen LogP contribution in [0.15, 0.2) is 18.2 Å². The monoisotopic (exact) mass is 232 g/mol. The average molecular weight is 232 g/mol. The first-order valence-electron chi connectivity index (χ1n) is 5.77. The minimum Gasteiger partial charge on any atom is -0.495 e. The summed E-state index contributed by atoms with van der Waals surface area (Å²) in [6.45, 7) is 0. The number of benzene rings is 1. The Bertz CT molecular complexity index is 440. The zero-order valence-electron chi connectivity index (χ0n) is 9.81. The fourth-order valence-corrected chi connectivity index (χ4v) is 2.19. The third-order valence-electron chi connectivity index (χ3n) is 3.15. The number of nitriles is 1. The van der Waals surface area contributed by atoms with Gasteiger partial charge < -0.3 is 15.2 Å². The van der Waals surface area contributed by atoms with Crippen molar-refractivity contribution in [1.82, 2.24) is 0 Å². The highest BCUT2D eigenvalue weighted by atomic mass is 16.5. The molecule has 0 unspecified atom stereocenters. The molecule has 4 heteroatoms. The zero-order chi connectivity index (χ0) is 12.3. The van der Waals surface area contributed by atoms with Gasteiger partial charge in [0.2, 0.25) is 0 Å². The van der Waals surface area contributed by atoms with Crippen LogP contribution in [0.4, 0.5) is 5.69 Å². The second-order valence-corrected chi connectivity index (χ2v) is 4.28. The molecule has 0 radical (unpaired) electrons. The minimum absolute atomic E-state index is 0.0804. The number of hydrogen-bond donors (Lipinski definition) is 2. The number of anilines is 1. The van der Waals surface area contributed by atoms with Gasteiger partial charge in [-0.3, -0.25) is 0 Å². The van der Waals surface area contributed by atoms with E-state index in [9.17, 15) is 5.11 Å². The lowest BCUT2D eigenvalue weighted by Crippen LogP contribution is -2.28. The highest BCUT2D eigenvalue weighted by molar-refractivity contribution is 5.60. The summed E-state index contributed by atoms with van der Waals surface area (Å²) in [5.41, 5.74) is 1.40. The van der Waals surface area contributed by atoms with Gasteiger partial charge in [0.15, 0.2) is 0 Å². The number of hydrogen-bond acceptors (Lipinski definition) is 4. The van der Waals surface area contributed by atoms with Gasteiger partial charge in [-0.05, 0) is 31.4 Å². The van der Waals surface area contributed by atoms with Crippen LogP contribution in [0.2, 0.25) is 0 Å². The summed E-state index contributed by atoms with van der Waals surface area (Å²) < 4.78 is 5.24. The van der Waals surface area contributed by atoms with E-state index in [0.29, 0.717) is 11.3 Å². The quantitative estimate of drug-likeness (QED) is 0.835. The van der Waals surface area contributed by atoms with E-state index in [2.05, 4.69) is 11.4 Å². The van der Waals surface area contributed by atoms with E-state index in [0.717, 1.165) is 24.9 Å². The van der Waals surface area contributed by atoms with Crippen LogP contribution in [-0.4, -0.2) is 24.4 Å². The Morgan fingerprint density at radius 1 is 1.47 bits per heavy atom. The van der Waals surface area contributed by atoms with Gasteiger partial charge in [-0.2, -0.15) is 5.26 Å². The lowest BCUT2D eigenvalue weighted by atomic mass is 10.1. The molecule has 0 amide bonds. The second-order valence-electron chi connectivity index (χ2n) is 4.28. The van der Waals surface area contributed by atoms with E-state index in [1.54, 1.807) is 19.2 Å². The van der Waals surface area contributed by atoms with Crippen molar-refractivity contribution in [2.75, 3.05) is 12.4 Å². The van der Waals surface area contributed by atoms with Crippen molar-refractivity contribution in [2.45, 2.75) is 31.4 Å². The van der Waals surface area contributed by atoms with Crippen LogP contribution >= 0.6 is 0 Å². The molecule has 2 N–H and O–H groups in total. The van der Waals surface area contributed by atoms with Crippen molar-refractivity contribution >= 4 is 5.69 Å². The molecule has 1 aromatic rings. The Hall–Kier alpha value is -1.73. The molecule has 1 aliphatic rings. The third-order valence-corrected chi connectivity index (χ3v) is 3.15. The fraction of sp³-hybridized carbons (Fsp3) is 0.462. The first-order chi connectivity index (χ1) is 8.24. The van der Waals surface area contributed by atoms with Crippen LogP contribution in [0, 0.1) is 11.3 Å². The predicted molar refractivity (Wildman–Crippen MR) is 65.0 cm³/mol. The van der Waals surface area contributed by atoms with E-state index in [4.69, 9.17) is 10.00 Å².